The van der Waals surface area contributed by atoms with Gasteiger partial charge in [0.1, 0.15) is 5.75 Å². The van der Waals surface area contributed by atoms with Crippen LogP contribution in [0.1, 0.15) is 10.4 Å². The van der Waals surface area contributed by atoms with Crippen LogP contribution in [0.4, 0.5) is 0 Å². The molecular weight excluding hydrogens is 276 g/mol. The fourth-order valence-electron chi connectivity index (χ4n) is 2.09. The molecule has 0 saturated heterocycles. The number of benzene rings is 2. The topological polar surface area (TPSA) is 41.6 Å². The van der Waals surface area contributed by atoms with Crippen molar-refractivity contribution in [2.45, 2.75) is 0 Å². The van der Waals surface area contributed by atoms with E-state index in [1.54, 1.807) is 7.11 Å². The van der Waals surface area contributed by atoms with E-state index < -0.39 is 0 Å². The minimum atomic E-state index is -0.0388. The molecule has 2 aromatic carbocycles. The summed E-state index contributed by atoms with van der Waals surface area (Å²) in [5.41, 5.74) is 2.85. The van der Waals surface area contributed by atoms with Crippen molar-refractivity contribution in [2.75, 3.05) is 34.3 Å². The molecule has 0 spiro atoms. The fourth-order valence-corrected chi connectivity index (χ4v) is 2.09. The summed E-state index contributed by atoms with van der Waals surface area (Å²) < 4.78 is 5.15. The number of rotatable bonds is 6. The second kappa shape index (κ2) is 7.61. The summed E-state index contributed by atoms with van der Waals surface area (Å²) >= 11 is 0. The molecule has 0 bridgehead atoms. The zero-order chi connectivity index (χ0) is 15.9. The fraction of sp³-hybridized carbons (Fsp3) is 0.278. The lowest BCUT2D eigenvalue weighted by atomic mass is 10.0. The van der Waals surface area contributed by atoms with Crippen molar-refractivity contribution < 1.29 is 9.53 Å². The van der Waals surface area contributed by atoms with Crippen molar-refractivity contribution in [2.24, 2.45) is 0 Å². The predicted molar refractivity (Wildman–Crippen MR) is 89.3 cm³/mol. The van der Waals surface area contributed by atoms with Gasteiger partial charge in [0.15, 0.2) is 0 Å². The minimum absolute atomic E-state index is 0.0388. The van der Waals surface area contributed by atoms with Gasteiger partial charge in [-0.2, -0.15) is 0 Å². The van der Waals surface area contributed by atoms with Gasteiger partial charge in [0.2, 0.25) is 0 Å². The summed E-state index contributed by atoms with van der Waals surface area (Å²) in [7, 11) is 5.62. The van der Waals surface area contributed by atoms with Crippen LogP contribution in [0.2, 0.25) is 0 Å². The standard InChI is InChI=1S/C18H22N2O2/c1-20(2)13-12-19-18(21)16-6-4-14(5-7-16)15-8-10-17(22-3)11-9-15/h4-11H,12-13H2,1-3H3,(H,19,21). The Labute approximate surface area is 131 Å². The molecular formula is C18H22N2O2. The van der Waals surface area contributed by atoms with Crippen molar-refractivity contribution in [1.82, 2.24) is 10.2 Å². The van der Waals surface area contributed by atoms with Gasteiger partial charge in [0.05, 0.1) is 7.11 Å². The van der Waals surface area contributed by atoms with E-state index >= 15 is 0 Å². The van der Waals surface area contributed by atoms with Crippen LogP contribution in [-0.2, 0) is 0 Å². The van der Waals surface area contributed by atoms with Gasteiger partial charge in [0.25, 0.3) is 5.91 Å². The first-order chi connectivity index (χ1) is 10.6. The van der Waals surface area contributed by atoms with Crippen molar-refractivity contribution in [3.63, 3.8) is 0 Å². The molecule has 2 aromatic rings. The minimum Gasteiger partial charge on any atom is -0.497 e. The molecule has 0 aromatic heterocycles. The number of methoxy groups -OCH3 is 1. The third-order valence-electron chi connectivity index (χ3n) is 3.42. The zero-order valence-electron chi connectivity index (χ0n) is 13.3. The summed E-state index contributed by atoms with van der Waals surface area (Å²) in [6, 6.07) is 15.5. The van der Waals surface area contributed by atoms with Gasteiger partial charge in [0, 0.05) is 18.7 Å². The van der Waals surface area contributed by atoms with Crippen LogP contribution in [0, 0.1) is 0 Å². The second-order valence-electron chi connectivity index (χ2n) is 5.37. The van der Waals surface area contributed by atoms with Crippen LogP contribution < -0.4 is 10.1 Å². The zero-order valence-corrected chi connectivity index (χ0v) is 13.3. The van der Waals surface area contributed by atoms with Gasteiger partial charge in [-0.3, -0.25) is 4.79 Å². The highest BCUT2D eigenvalue weighted by Crippen LogP contribution is 2.22. The second-order valence-corrected chi connectivity index (χ2v) is 5.37. The molecule has 4 nitrogen and oxygen atoms in total. The normalized spacial score (nSPS) is 10.5. The molecule has 22 heavy (non-hydrogen) atoms. The SMILES string of the molecule is COc1ccc(-c2ccc(C(=O)NCCN(C)C)cc2)cc1. The third-order valence-corrected chi connectivity index (χ3v) is 3.42. The number of nitrogens with one attached hydrogen (secondary N) is 1. The third kappa shape index (κ3) is 4.33. The molecule has 0 fully saturated rings. The number of likely N-dealkylation sites (N-methyl/N-ethyl adjacent to an activating group) is 1. The summed E-state index contributed by atoms with van der Waals surface area (Å²) in [5, 5.41) is 2.91. The van der Waals surface area contributed by atoms with Gasteiger partial charge in [-0.1, -0.05) is 24.3 Å². The molecule has 2 rings (SSSR count). The number of carbonyl (C=O) groups is 1. The van der Waals surface area contributed by atoms with Crippen LogP contribution in [0.25, 0.3) is 11.1 Å². The Balaban J connectivity index is 2.01. The van der Waals surface area contributed by atoms with Gasteiger partial charge < -0.3 is 15.0 Å². The molecule has 0 unspecified atom stereocenters. The van der Waals surface area contributed by atoms with E-state index in [1.807, 2.05) is 67.5 Å². The van der Waals surface area contributed by atoms with Crippen molar-refractivity contribution >= 4 is 5.91 Å². The molecule has 0 aliphatic rings. The lowest BCUT2D eigenvalue weighted by molar-refractivity contribution is 0.0951. The molecule has 0 radical (unpaired) electrons. The number of hydrogen-bond donors (Lipinski definition) is 1. The maximum absolute atomic E-state index is 12.0. The highest BCUT2D eigenvalue weighted by atomic mass is 16.5. The monoisotopic (exact) mass is 298 g/mol. The molecule has 1 N–H and O–H groups in total. The van der Waals surface area contributed by atoms with Crippen LogP contribution in [0.3, 0.4) is 0 Å². The van der Waals surface area contributed by atoms with E-state index in [0.29, 0.717) is 12.1 Å². The molecule has 1 amide bonds. The first-order valence-corrected chi connectivity index (χ1v) is 7.27. The number of hydrogen-bond acceptors (Lipinski definition) is 3. The maximum Gasteiger partial charge on any atom is 0.251 e. The van der Waals surface area contributed by atoms with Gasteiger partial charge in [-0.25, -0.2) is 0 Å². The van der Waals surface area contributed by atoms with E-state index in [9.17, 15) is 4.79 Å². The summed E-state index contributed by atoms with van der Waals surface area (Å²) in [4.78, 5) is 14.0. The van der Waals surface area contributed by atoms with Crippen LogP contribution >= 0.6 is 0 Å². The number of carbonyl (C=O) groups excluding carboxylic acids is 1. The van der Waals surface area contributed by atoms with E-state index in [1.165, 1.54) is 0 Å². The summed E-state index contributed by atoms with van der Waals surface area (Å²) in [5.74, 6) is 0.795. The summed E-state index contributed by atoms with van der Waals surface area (Å²) in [6.45, 7) is 1.47. The lowest BCUT2D eigenvalue weighted by Crippen LogP contribution is -2.31. The van der Waals surface area contributed by atoms with Gasteiger partial charge in [-0.15, -0.1) is 0 Å². The van der Waals surface area contributed by atoms with Crippen molar-refractivity contribution in [3.05, 3.63) is 54.1 Å². The molecule has 4 heteroatoms. The first kappa shape index (κ1) is 16.0. The Morgan fingerprint density at radius 2 is 1.55 bits per heavy atom. The molecule has 0 aliphatic carbocycles. The average Bonchev–Trinajstić information content (AvgIpc) is 2.54. The molecule has 0 atom stereocenters. The van der Waals surface area contributed by atoms with Crippen molar-refractivity contribution in [3.8, 4) is 16.9 Å². The smallest absolute Gasteiger partial charge is 0.251 e. The quantitative estimate of drug-likeness (QED) is 0.891. The summed E-state index contributed by atoms with van der Waals surface area (Å²) in [6.07, 6.45) is 0. The van der Waals surface area contributed by atoms with Crippen molar-refractivity contribution in [1.29, 1.82) is 0 Å². The Morgan fingerprint density at radius 1 is 1.00 bits per heavy atom. The molecule has 116 valence electrons. The highest BCUT2D eigenvalue weighted by molar-refractivity contribution is 5.94. The molecule has 0 saturated carbocycles. The van der Waals surface area contributed by atoms with E-state index in [-0.39, 0.29) is 5.91 Å². The Hall–Kier alpha value is -2.33. The first-order valence-electron chi connectivity index (χ1n) is 7.27. The van der Waals surface area contributed by atoms with Crippen LogP contribution in [-0.4, -0.2) is 45.1 Å². The molecule has 0 heterocycles. The van der Waals surface area contributed by atoms with Crippen LogP contribution in [0.15, 0.2) is 48.5 Å². The van der Waals surface area contributed by atoms with Crippen LogP contribution in [0.5, 0.6) is 5.75 Å². The van der Waals surface area contributed by atoms with E-state index in [0.717, 1.165) is 23.4 Å². The van der Waals surface area contributed by atoms with E-state index in [2.05, 4.69) is 5.32 Å². The number of nitrogens with zero attached hydrogens (tertiary/aromatic N) is 1. The predicted octanol–water partition coefficient (Wildman–Crippen LogP) is 2.65. The Morgan fingerprint density at radius 3 is 2.05 bits per heavy atom. The highest BCUT2D eigenvalue weighted by Gasteiger charge is 2.05. The average molecular weight is 298 g/mol. The van der Waals surface area contributed by atoms with E-state index in [4.69, 9.17) is 4.74 Å². The lowest BCUT2D eigenvalue weighted by Gasteiger charge is -2.10. The molecule has 0 aliphatic heterocycles. The number of ether oxygens (including phenoxy) is 1. The van der Waals surface area contributed by atoms with Gasteiger partial charge in [-0.05, 0) is 49.5 Å². The number of amides is 1. The van der Waals surface area contributed by atoms with Gasteiger partial charge >= 0.3 is 0 Å². The Bertz CT molecular complexity index is 604. The Kier molecular flexibility index (Phi) is 5.55. The maximum atomic E-state index is 12.0. The largest absolute Gasteiger partial charge is 0.497 e.